The fourth-order valence-corrected chi connectivity index (χ4v) is 4.39. The van der Waals surface area contributed by atoms with Crippen LogP contribution >= 0.6 is 0 Å². The molecule has 0 N–H and O–H groups in total. The molecule has 1 aromatic carbocycles. The first-order valence-corrected chi connectivity index (χ1v) is 9.40. The molecule has 1 aliphatic carbocycles. The number of ether oxygens (including phenoxy) is 3. The van der Waals surface area contributed by atoms with Crippen molar-refractivity contribution in [2.75, 3.05) is 7.11 Å². The van der Waals surface area contributed by atoms with Gasteiger partial charge in [0, 0.05) is 17.4 Å². The largest absolute Gasteiger partial charge is 0.497 e. The molecule has 4 heteroatoms. The summed E-state index contributed by atoms with van der Waals surface area (Å²) in [6.07, 6.45) is 4.37. The van der Waals surface area contributed by atoms with Crippen molar-refractivity contribution in [3.05, 3.63) is 29.3 Å². The molecule has 0 spiro atoms. The average molecular weight is 346 g/mol. The number of carbonyl (C=O) groups excluding carboxylic acids is 1. The van der Waals surface area contributed by atoms with Crippen LogP contribution in [0.4, 0.5) is 0 Å². The molecular formula is C21H30O4. The molecule has 0 amide bonds. The van der Waals surface area contributed by atoms with Crippen LogP contribution in [0.3, 0.4) is 0 Å². The van der Waals surface area contributed by atoms with Gasteiger partial charge in [0.15, 0.2) is 11.6 Å². The Balaban J connectivity index is 1.80. The van der Waals surface area contributed by atoms with Crippen molar-refractivity contribution in [2.24, 2.45) is 5.41 Å². The minimum Gasteiger partial charge on any atom is -0.497 e. The molecule has 1 heterocycles. The molecule has 3 atom stereocenters. The number of methoxy groups -OCH3 is 1. The lowest BCUT2D eigenvalue weighted by atomic mass is 9.75. The summed E-state index contributed by atoms with van der Waals surface area (Å²) < 4.78 is 17.4. The highest BCUT2D eigenvalue weighted by atomic mass is 16.7. The maximum atomic E-state index is 13.2. The van der Waals surface area contributed by atoms with Gasteiger partial charge in [-0.1, -0.05) is 13.3 Å². The van der Waals surface area contributed by atoms with Gasteiger partial charge in [0.05, 0.1) is 19.3 Å². The van der Waals surface area contributed by atoms with Crippen LogP contribution in [0.25, 0.3) is 0 Å². The number of hydrogen-bond donors (Lipinski definition) is 0. The first kappa shape index (κ1) is 18.4. The lowest BCUT2D eigenvalue weighted by Crippen LogP contribution is -2.34. The molecule has 138 valence electrons. The van der Waals surface area contributed by atoms with Crippen molar-refractivity contribution < 1.29 is 19.0 Å². The van der Waals surface area contributed by atoms with Gasteiger partial charge in [-0.05, 0) is 63.8 Å². The van der Waals surface area contributed by atoms with Gasteiger partial charge in [0.25, 0.3) is 0 Å². The van der Waals surface area contributed by atoms with E-state index in [0.29, 0.717) is 0 Å². The topological polar surface area (TPSA) is 44.8 Å². The van der Waals surface area contributed by atoms with E-state index in [1.165, 1.54) is 0 Å². The Morgan fingerprint density at radius 3 is 2.44 bits per heavy atom. The number of ketones is 1. The minimum absolute atomic E-state index is 0.0906. The maximum Gasteiger partial charge on any atom is 0.169 e. The zero-order valence-electron chi connectivity index (χ0n) is 16.1. The fourth-order valence-electron chi connectivity index (χ4n) is 4.39. The van der Waals surface area contributed by atoms with E-state index >= 15 is 0 Å². The van der Waals surface area contributed by atoms with E-state index in [4.69, 9.17) is 14.2 Å². The second kappa shape index (κ2) is 6.73. The van der Waals surface area contributed by atoms with Crippen LogP contribution in [0.15, 0.2) is 18.2 Å². The molecule has 0 bridgehead atoms. The highest BCUT2D eigenvalue weighted by molar-refractivity contribution is 6.05. The minimum atomic E-state index is -0.591. The predicted octanol–water partition coefficient (Wildman–Crippen LogP) is 4.54. The van der Waals surface area contributed by atoms with Crippen molar-refractivity contribution >= 4 is 5.78 Å². The van der Waals surface area contributed by atoms with Crippen LogP contribution in [-0.2, 0) is 15.9 Å². The Morgan fingerprint density at radius 1 is 1.16 bits per heavy atom. The number of fused-ring (bicyclic) bond motifs is 1. The van der Waals surface area contributed by atoms with E-state index < -0.39 is 5.79 Å². The lowest BCUT2D eigenvalue weighted by molar-refractivity contribution is -0.167. The third kappa shape index (κ3) is 3.34. The summed E-state index contributed by atoms with van der Waals surface area (Å²) in [7, 11) is 1.66. The normalized spacial score (nSPS) is 30.5. The Morgan fingerprint density at radius 2 is 1.84 bits per heavy atom. The van der Waals surface area contributed by atoms with Crippen LogP contribution in [0, 0.1) is 5.41 Å². The van der Waals surface area contributed by atoms with E-state index in [2.05, 4.69) is 6.92 Å². The maximum absolute atomic E-state index is 13.2. The molecule has 0 radical (unpaired) electrons. The molecule has 4 nitrogen and oxygen atoms in total. The third-order valence-corrected chi connectivity index (χ3v) is 5.89. The number of rotatable bonds is 6. The van der Waals surface area contributed by atoms with Gasteiger partial charge in [0.2, 0.25) is 0 Å². The number of Topliss-reactive ketones (excluding diaryl/α,β-unsaturated/α-hetero) is 1. The molecular weight excluding hydrogens is 316 g/mol. The molecule has 2 aliphatic rings. The molecule has 1 saturated heterocycles. The summed E-state index contributed by atoms with van der Waals surface area (Å²) >= 11 is 0. The lowest BCUT2D eigenvalue weighted by Gasteiger charge is -2.31. The van der Waals surface area contributed by atoms with Gasteiger partial charge in [0.1, 0.15) is 5.75 Å². The molecule has 1 aromatic rings. The average Bonchev–Trinajstić information content (AvgIpc) is 3.00. The monoisotopic (exact) mass is 346 g/mol. The zero-order valence-corrected chi connectivity index (χ0v) is 16.1. The van der Waals surface area contributed by atoms with Gasteiger partial charge >= 0.3 is 0 Å². The van der Waals surface area contributed by atoms with Crippen molar-refractivity contribution in [3.63, 3.8) is 0 Å². The molecule has 1 aliphatic heterocycles. The fraction of sp³-hybridized carbons (Fsp3) is 0.667. The van der Waals surface area contributed by atoms with Crippen LogP contribution in [-0.4, -0.2) is 30.9 Å². The summed E-state index contributed by atoms with van der Waals surface area (Å²) in [4.78, 5) is 13.2. The molecule has 25 heavy (non-hydrogen) atoms. The highest BCUT2D eigenvalue weighted by Crippen LogP contribution is 2.47. The standard InChI is InChI=1S/C21H30O4/c1-6-9-21(11-10-20(4)24-14(2)15(3)25-20)13-16-12-17(23-5)7-8-18(16)19(21)22/h7-8,12,14-15H,6,9-11,13H2,1-5H3/t14-,15-,21?/m1/s1. The number of carbonyl (C=O) groups is 1. The molecule has 3 rings (SSSR count). The molecule has 0 saturated carbocycles. The van der Waals surface area contributed by atoms with Crippen molar-refractivity contribution in [3.8, 4) is 5.75 Å². The number of hydrogen-bond acceptors (Lipinski definition) is 4. The van der Waals surface area contributed by atoms with Crippen LogP contribution < -0.4 is 4.74 Å². The second-order valence-electron chi connectivity index (χ2n) is 7.84. The van der Waals surface area contributed by atoms with E-state index in [9.17, 15) is 4.79 Å². The van der Waals surface area contributed by atoms with Gasteiger partial charge in [-0.15, -0.1) is 0 Å². The smallest absolute Gasteiger partial charge is 0.169 e. The van der Waals surface area contributed by atoms with E-state index in [1.807, 2.05) is 39.0 Å². The van der Waals surface area contributed by atoms with Gasteiger partial charge in [-0.3, -0.25) is 4.79 Å². The number of benzene rings is 1. The zero-order chi connectivity index (χ0) is 18.2. The Kier molecular flexibility index (Phi) is 4.95. The second-order valence-corrected chi connectivity index (χ2v) is 7.84. The van der Waals surface area contributed by atoms with E-state index in [0.717, 1.165) is 49.0 Å². The van der Waals surface area contributed by atoms with Gasteiger partial charge in [-0.2, -0.15) is 0 Å². The summed E-state index contributed by atoms with van der Waals surface area (Å²) in [6.45, 7) is 8.23. The van der Waals surface area contributed by atoms with Crippen molar-refractivity contribution in [1.29, 1.82) is 0 Å². The van der Waals surface area contributed by atoms with Crippen molar-refractivity contribution in [1.82, 2.24) is 0 Å². The quantitative estimate of drug-likeness (QED) is 0.758. The van der Waals surface area contributed by atoms with Gasteiger partial charge in [-0.25, -0.2) is 0 Å². The van der Waals surface area contributed by atoms with E-state index in [-0.39, 0.29) is 23.4 Å². The van der Waals surface area contributed by atoms with Crippen LogP contribution in [0.2, 0.25) is 0 Å². The summed E-state index contributed by atoms with van der Waals surface area (Å²) in [5, 5.41) is 0. The Labute approximate surface area is 150 Å². The predicted molar refractivity (Wildman–Crippen MR) is 97.1 cm³/mol. The van der Waals surface area contributed by atoms with Gasteiger partial charge < -0.3 is 14.2 Å². The summed E-state index contributed by atoms with van der Waals surface area (Å²) in [5.74, 6) is 0.498. The Bertz CT molecular complexity index is 643. The van der Waals surface area contributed by atoms with Crippen molar-refractivity contribution in [2.45, 2.75) is 77.8 Å². The summed E-state index contributed by atoms with van der Waals surface area (Å²) in [5.41, 5.74) is 1.63. The SMILES string of the molecule is CCCC1(CCC2(C)O[C@H](C)[C@@H](C)O2)Cc2cc(OC)ccc2C1=O. The Hall–Kier alpha value is -1.39. The molecule has 0 aromatic heterocycles. The third-order valence-electron chi connectivity index (χ3n) is 5.89. The summed E-state index contributed by atoms with van der Waals surface area (Å²) in [6, 6.07) is 5.81. The van der Waals surface area contributed by atoms with Crippen LogP contribution in [0.5, 0.6) is 5.75 Å². The first-order valence-electron chi connectivity index (χ1n) is 9.40. The van der Waals surface area contributed by atoms with Crippen LogP contribution in [0.1, 0.15) is 69.3 Å². The van der Waals surface area contributed by atoms with E-state index in [1.54, 1.807) is 7.11 Å². The molecule has 1 fully saturated rings. The first-order chi connectivity index (χ1) is 11.8. The highest BCUT2D eigenvalue weighted by Gasteiger charge is 2.48. The molecule has 1 unspecified atom stereocenters.